The van der Waals surface area contributed by atoms with Gasteiger partial charge in [0.2, 0.25) is 11.8 Å². The summed E-state index contributed by atoms with van der Waals surface area (Å²) in [7, 11) is 0. The number of nitrogens with one attached hydrogen (secondary N) is 2. The molecule has 1 rings (SSSR count). The summed E-state index contributed by atoms with van der Waals surface area (Å²) < 4.78 is 5.04. The van der Waals surface area contributed by atoms with Gasteiger partial charge in [-0.05, 0) is 58.3 Å². The van der Waals surface area contributed by atoms with Crippen molar-refractivity contribution in [2.45, 2.75) is 87.2 Å². The second kappa shape index (κ2) is 17.3. The Hall–Kier alpha value is -1.40. The fourth-order valence-corrected chi connectivity index (χ4v) is 2.98. The molecule has 0 spiro atoms. The van der Waals surface area contributed by atoms with Gasteiger partial charge in [-0.25, -0.2) is 0 Å². The van der Waals surface area contributed by atoms with E-state index in [1.54, 1.807) is 0 Å². The van der Waals surface area contributed by atoms with Crippen molar-refractivity contribution in [3.8, 4) is 0 Å². The molecule has 1 fully saturated rings. The third-order valence-electron chi connectivity index (χ3n) is 4.65. The van der Waals surface area contributed by atoms with Crippen molar-refractivity contribution in [2.75, 3.05) is 26.3 Å². The molecule has 1 atom stereocenters. The van der Waals surface area contributed by atoms with Gasteiger partial charge in [-0.2, -0.15) is 0 Å². The molecule has 0 aromatic rings. The van der Waals surface area contributed by atoms with Crippen LogP contribution < -0.4 is 10.6 Å². The van der Waals surface area contributed by atoms with Gasteiger partial charge in [0.25, 0.3) is 0 Å². The maximum Gasteiger partial charge on any atom is 0.224 e. The maximum atomic E-state index is 12.3. The molecule has 30 heavy (non-hydrogen) atoms. The van der Waals surface area contributed by atoms with Crippen LogP contribution in [0.4, 0.5) is 0 Å². The predicted octanol–water partition coefficient (Wildman–Crippen LogP) is 5.06. The van der Waals surface area contributed by atoms with Crippen LogP contribution in [-0.2, 0) is 14.3 Å². The molecule has 1 aliphatic rings. The second-order valence-corrected chi connectivity index (χ2v) is 8.56. The highest BCUT2D eigenvalue weighted by Crippen LogP contribution is 2.45. The van der Waals surface area contributed by atoms with Crippen LogP contribution in [-0.4, -0.2) is 49.3 Å². The monoisotopic (exact) mass is 436 g/mol. The summed E-state index contributed by atoms with van der Waals surface area (Å²) in [5.41, 5.74) is 0.613. The summed E-state index contributed by atoms with van der Waals surface area (Å²) in [4.78, 5) is 24.0. The van der Waals surface area contributed by atoms with Crippen LogP contribution in [0.15, 0.2) is 12.2 Å². The van der Waals surface area contributed by atoms with Crippen molar-refractivity contribution < 1.29 is 25.1 Å². The van der Waals surface area contributed by atoms with E-state index in [0.717, 1.165) is 31.4 Å². The van der Waals surface area contributed by atoms with Crippen molar-refractivity contribution in [1.82, 2.24) is 10.6 Å². The molecule has 6 nitrogen and oxygen atoms in total. The second-order valence-electron chi connectivity index (χ2n) is 8.56. The van der Waals surface area contributed by atoms with Crippen molar-refractivity contribution in [2.24, 2.45) is 17.3 Å². The number of rotatable bonds is 12. The van der Waals surface area contributed by atoms with Crippen LogP contribution in [0.3, 0.4) is 0 Å². The van der Waals surface area contributed by atoms with Gasteiger partial charge in [0.05, 0.1) is 6.10 Å². The first-order valence-corrected chi connectivity index (χ1v) is 11.5. The number of carbonyl (C=O) groups excluding carboxylic acids is 2. The Labute approximate surface area is 191 Å². The fourth-order valence-electron chi connectivity index (χ4n) is 2.98. The zero-order chi connectivity index (χ0) is 23.7. The first-order chi connectivity index (χ1) is 14.0. The topological polar surface area (TPSA) is 87.7 Å². The Morgan fingerprint density at radius 2 is 1.70 bits per heavy atom. The third kappa shape index (κ3) is 15.4. The number of carbonyl (C=O) groups is 2. The van der Waals surface area contributed by atoms with Crippen LogP contribution in [0.25, 0.3) is 0 Å². The third-order valence-corrected chi connectivity index (χ3v) is 4.65. The van der Waals surface area contributed by atoms with Crippen LogP contribution in [0.2, 0.25) is 0 Å². The molecule has 0 radical (unpaired) electrons. The quantitative estimate of drug-likeness (QED) is 0.373. The van der Waals surface area contributed by atoms with Gasteiger partial charge in [0.15, 0.2) is 0 Å². The number of amides is 2. The molecule has 0 unspecified atom stereocenters. The van der Waals surface area contributed by atoms with E-state index in [1.807, 2.05) is 55.4 Å². The van der Waals surface area contributed by atoms with Gasteiger partial charge in [0, 0.05) is 44.3 Å². The first-order valence-electron chi connectivity index (χ1n) is 11.5. The minimum Gasteiger partial charge on any atom is -0.396 e. The normalized spacial score (nSPS) is 13.9. The first kappa shape index (κ1) is 30.8. The van der Waals surface area contributed by atoms with Crippen LogP contribution in [0.5, 0.6) is 0 Å². The largest absolute Gasteiger partial charge is 0.396 e. The number of hydrogen-bond donors (Lipinski definition) is 3. The van der Waals surface area contributed by atoms with Gasteiger partial charge >= 0.3 is 0 Å². The van der Waals surface area contributed by atoms with Gasteiger partial charge in [-0.3, -0.25) is 9.59 Å². The molecular formula is C24H56N2O4. The summed E-state index contributed by atoms with van der Waals surface area (Å²) in [5, 5.41) is 15.1. The summed E-state index contributed by atoms with van der Waals surface area (Å²) in [6, 6.07) is 0. The zero-order valence-corrected chi connectivity index (χ0v) is 20.8. The summed E-state index contributed by atoms with van der Waals surface area (Å²) in [6.07, 6.45) is 3.53. The van der Waals surface area contributed by atoms with Crippen molar-refractivity contribution in [3.63, 3.8) is 0 Å². The lowest BCUT2D eigenvalue weighted by atomic mass is 9.76. The Morgan fingerprint density at radius 1 is 1.17 bits per heavy atom. The number of aliphatic hydroxyl groups is 1. The average molecular weight is 437 g/mol. The van der Waals surface area contributed by atoms with E-state index >= 15 is 0 Å². The number of ether oxygens (including phenoxy) is 1. The lowest BCUT2D eigenvalue weighted by molar-refractivity contribution is -0.131. The number of hydrogen-bond acceptors (Lipinski definition) is 4. The van der Waals surface area contributed by atoms with Gasteiger partial charge in [-0.15, -0.1) is 6.58 Å². The Balaban J connectivity index is -0.000000143. The van der Waals surface area contributed by atoms with Gasteiger partial charge in [0.1, 0.15) is 0 Å². The van der Waals surface area contributed by atoms with E-state index in [9.17, 15) is 14.7 Å². The molecule has 6 heteroatoms. The van der Waals surface area contributed by atoms with Crippen molar-refractivity contribution in [1.29, 1.82) is 0 Å². The van der Waals surface area contributed by atoms with E-state index in [1.165, 1.54) is 0 Å². The molecule has 3 N–H and O–H groups in total. The zero-order valence-electron chi connectivity index (χ0n) is 20.8. The molecule has 0 aromatic carbocycles. The number of aliphatic hydroxyl groups excluding tert-OH is 1. The van der Waals surface area contributed by atoms with Crippen LogP contribution >= 0.6 is 0 Å². The highest BCUT2D eigenvalue weighted by Gasteiger charge is 2.45. The fraction of sp³-hybridized carbons (Fsp3) is 0.833. The molecule has 0 bridgehead atoms. The summed E-state index contributed by atoms with van der Waals surface area (Å²) in [5.74, 6) is 0.0812. The molecule has 1 saturated carbocycles. The van der Waals surface area contributed by atoms with Crippen molar-refractivity contribution in [3.05, 3.63) is 12.2 Å². The highest BCUT2D eigenvalue weighted by atomic mass is 16.5. The average Bonchev–Trinajstić information content (AvgIpc) is 3.48. The molecule has 1 aliphatic carbocycles. The van der Waals surface area contributed by atoms with E-state index in [2.05, 4.69) is 17.2 Å². The minimum absolute atomic E-state index is 0. The predicted molar refractivity (Wildman–Crippen MR) is 134 cm³/mol. The summed E-state index contributed by atoms with van der Waals surface area (Å²) in [6.45, 7) is 21.3. The van der Waals surface area contributed by atoms with Gasteiger partial charge < -0.3 is 20.5 Å². The Morgan fingerprint density at radius 3 is 2.07 bits per heavy atom. The SMILES string of the molecule is C=C(C)CCNC(=O)CCNC(=O)[C@H](C1CC1)C(C)(C)CO.CC.CCOC(C)C.[HH].[HH].[HH].[HH]. The molecule has 0 aliphatic heterocycles. The molecule has 2 amide bonds. The van der Waals surface area contributed by atoms with Crippen LogP contribution in [0, 0.1) is 17.3 Å². The summed E-state index contributed by atoms with van der Waals surface area (Å²) >= 11 is 0. The standard InChI is InChI=1S/C17H30N2O3.C5H12O.C2H6.4H2/c1-12(2)7-9-18-14(21)8-10-19-16(22)15(13-5-6-13)17(3,4)11-20;1-4-6-5(2)3;1-2;;;;/h13,15,20H,1,5-11H2,2-4H3,(H,18,21)(H,19,22);5H,4H2,1-3H3;1-2H3;4*1H/t15-;;;;;;/m0....../s1. The van der Waals surface area contributed by atoms with Crippen LogP contribution in [0.1, 0.15) is 86.8 Å². The minimum atomic E-state index is -0.422. The van der Waals surface area contributed by atoms with E-state index < -0.39 is 5.41 Å². The maximum absolute atomic E-state index is 12.3. The molecule has 0 aromatic heterocycles. The lowest BCUT2D eigenvalue weighted by Gasteiger charge is -2.31. The molecule has 0 saturated heterocycles. The van der Waals surface area contributed by atoms with Crippen molar-refractivity contribution >= 4 is 11.8 Å². The van der Waals surface area contributed by atoms with E-state index in [4.69, 9.17) is 4.74 Å². The lowest BCUT2D eigenvalue weighted by Crippen LogP contribution is -2.43. The highest BCUT2D eigenvalue weighted by molar-refractivity contribution is 5.81. The molecular weight excluding hydrogens is 380 g/mol. The van der Waals surface area contributed by atoms with Gasteiger partial charge in [-0.1, -0.05) is 33.3 Å². The molecule has 186 valence electrons. The van der Waals surface area contributed by atoms with E-state index in [0.29, 0.717) is 25.1 Å². The molecule has 0 heterocycles. The Bertz CT molecular complexity index is 503. The van der Waals surface area contributed by atoms with E-state index in [-0.39, 0.29) is 36.5 Å². The smallest absolute Gasteiger partial charge is 0.224 e. The Kier molecular flexibility index (Phi) is 17.8.